The van der Waals surface area contributed by atoms with Gasteiger partial charge in [-0.25, -0.2) is 4.79 Å². The molecule has 0 aromatic rings. The van der Waals surface area contributed by atoms with Gasteiger partial charge in [0.15, 0.2) is 0 Å². The number of aliphatic hydroxyl groups is 1. The average Bonchev–Trinajstić information content (AvgIpc) is 2.80. The van der Waals surface area contributed by atoms with Crippen LogP contribution >= 0.6 is 0 Å². The quantitative estimate of drug-likeness (QED) is 0.454. The van der Waals surface area contributed by atoms with E-state index in [9.17, 15) is 14.7 Å². The smallest absolute Gasteiger partial charge is 0.334 e. The molecule has 1 N–H and O–H groups in total. The van der Waals surface area contributed by atoms with E-state index >= 15 is 0 Å². The molecule has 0 radical (unpaired) electrons. The molecule has 6 atom stereocenters. The molecule has 0 spiro atoms. The van der Waals surface area contributed by atoms with E-state index in [1.165, 1.54) is 6.92 Å². The molecule has 0 aromatic heterocycles. The van der Waals surface area contributed by atoms with Gasteiger partial charge in [0.25, 0.3) is 0 Å². The highest BCUT2D eigenvalue weighted by atomic mass is 16.6. The maximum Gasteiger partial charge on any atom is 0.334 e. The minimum atomic E-state index is -0.944. The third-order valence-electron chi connectivity index (χ3n) is 5.40. The van der Waals surface area contributed by atoms with E-state index in [1.54, 1.807) is 6.92 Å². The first-order chi connectivity index (χ1) is 10.2. The lowest BCUT2D eigenvalue weighted by molar-refractivity contribution is -0.160. The summed E-state index contributed by atoms with van der Waals surface area (Å²) in [4.78, 5) is 23.5. The predicted molar refractivity (Wildman–Crippen MR) is 78.7 cm³/mol. The molecular weight excluding hydrogens is 284 g/mol. The summed E-state index contributed by atoms with van der Waals surface area (Å²) < 4.78 is 11.0. The Balaban J connectivity index is 2.10. The van der Waals surface area contributed by atoms with Crippen LogP contribution < -0.4 is 0 Å². The first-order valence-electron chi connectivity index (χ1n) is 7.70. The number of rotatable bonds is 1. The number of carbonyl (C=O) groups is 2. The van der Waals surface area contributed by atoms with Crippen LogP contribution in [0.3, 0.4) is 0 Å². The maximum absolute atomic E-state index is 11.9. The normalized spacial score (nSPS) is 43.8. The second-order valence-corrected chi connectivity index (χ2v) is 6.93. The Labute approximate surface area is 130 Å². The molecule has 0 unspecified atom stereocenters. The van der Waals surface area contributed by atoms with Crippen LogP contribution in [0.1, 0.15) is 33.6 Å². The van der Waals surface area contributed by atoms with Gasteiger partial charge < -0.3 is 14.6 Å². The highest BCUT2D eigenvalue weighted by Gasteiger charge is 2.57. The van der Waals surface area contributed by atoms with Crippen molar-refractivity contribution in [1.29, 1.82) is 0 Å². The van der Waals surface area contributed by atoms with Gasteiger partial charge in [-0.3, -0.25) is 4.79 Å². The Morgan fingerprint density at radius 1 is 1.55 bits per heavy atom. The molecule has 5 nitrogen and oxygen atoms in total. The van der Waals surface area contributed by atoms with Crippen LogP contribution in [0.15, 0.2) is 23.8 Å². The summed E-state index contributed by atoms with van der Waals surface area (Å²) >= 11 is 0. The van der Waals surface area contributed by atoms with Gasteiger partial charge in [0, 0.05) is 18.4 Å². The lowest BCUT2D eigenvalue weighted by atomic mass is 9.75. The van der Waals surface area contributed by atoms with Crippen LogP contribution in [0.2, 0.25) is 0 Å². The highest BCUT2D eigenvalue weighted by molar-refractivity contribution is 5.91. The predicted octanol–water partition coefficient (Wildman–Crippen LogP) is 1.75. The number of ether oxygens (including phenoxy) is 2. The summed E-state index contributed by atoms with van der Waals surface area (Å²) in [5.41, 5.74) is 0.458. The van der Waals surface area contributed by atoms with E-state index in [0.29, 0.717) is 12.0 Å². The van der Waals surface area contributed by atoms with Gasteiger partial charge in [-0.2, -0.15) is 0 Å². The minimum Gasteiger partial charge on any atom is -0.461 e. The van der Waals surface area contributed by atoms with Crippen molar-refractivity contribution in [1.82, 2.24) is 0 Å². The van der Waals surface area contributed by atoms with Crippen molar-refractivity contribution in [3.05, 3.63) is 23.8 Å². The van der Waals surface area contributed by atoms with Crippen molar-refractivity contribution >= 4 is 11.9 Å². The summed E-state index contributed by atoms with van der Waals surface area (Å²) in [5, 5.41) is 10.8. The molecule has 2 aliphatic carbocycles. The van der Waals surface area contributed by atoms with Crippen molar-refractivity contribution in [2.75, 3.05) is 0 Å². The molecule has 5 heteroatoms. The molecule has 0 aromatic carbocycles. The largest absolute Gasteiger partial charge is 0.461 e. The third kappa shape index (κ3) is 2.19. The number of esters is 2. The lowest BCUT2D eigenvalue weighted by Crippen LogP contribution is -2.47. The number of carbonyl (C=O) groups excluding carboxylic acids is 2. The SMILES string of the molecule is C=C1C(=O)O[C@H]2C=C(C)[C@@H]3CC[C@@](C)(O)[C@@H]3[C@@H](OC(C)=O)[C@H]12. The van der Waals surface area contributed by atoms with Crippen molar-refractivity contribution in [3.8, 4) is 0 Å². The Kier molecular flexibility index (Phi) is 3.44. The summed E-state index contributed by atoms with van der Waals surface area (Å²) in [5.74, 6) is -1.43. The minimum absolute atomic E-state index is 0.122. The number of hydrogen-bond donors (Lipinski definition) is 1. The molecule has 0 bridgehead atoms. The van der Waals surface area contributed by atoms with Crippen LogP contribution in [-0.2, 0) is 19.1 Å². The number of fused-ring (bicyclic) bond motifs is 2. The summed E-state index contributed by atoms with van der Waals surface area (Å²) in [6.07, 6.45) is 2.34. The van der Waals surface area contributed by atoms with Crippen molar-refractivity contribution < 1.29 is 24.2 Å². The zero-order valence-corrected chi connectivity index (χ0v) is 13.2. The van der Waals surface area contributed by atoms with E-state index in [1.807, 2.05) is 13.0 Å². The van der Waals surface area contributed by atoms with E-state index in [-0.39, 0.29) is 11.8 Å². The highest BCUT2D eigenvalue weighted by Crippen LogP contribution is 2.52. The second-order valence-electron chi connectivity index (χ2n) is 6.93. The summed E-state index contributed by atoms with van der Waals surface area (Å²) in [6.45, 7) is 8.94. The van der Waals surface area contributed by atoms with Crippen LogP contribution in [0.4, 0.5) is 0 Å². The van der Waals surface area contributed by atoms with Gasteiger partial charge in [-0.05, 0) is 38.7 Å². The zero-order chi connectivity index (χ0) is 16.2. The molecule has 3 aliphatic rings. The molecular formula is C17H22O5. The number of allylic oxidation sites excluding steroid dienone is 1. The van der Waals surface area contributed by atoms with Crippen LogP contribution in [0.25, 0.3) is 0 Å². The van der Waals surface area contributed by atoms with Crippen molar-refractivity contribution in [2.24, 2.45) is 17.8 Å². The first-order valence-corrected chi connectivity index (χ1v) is 7.70. The molecule has 1 saturated heterocycles. The Bertz CT molecular complexity index is 574. The molecule has 2 fully saturated rings. The molecule has 1 heterocycles. The van der Waals surface area contributed by atoms with Crippen LogP contribution in [0.5, 0.6) is 0 Å². The topological polar surface area (TPSA) is 72.8 Å². The van der Waals surface area contributed by atoms with E-state index in [2.05, 4.69) is 6.58 Å². The fourth-order valence-corrected chi connectivity index (χ4v) is 4.40. The Hall–Kier alpha value is -1.62. The Morgan fingerprint density at radius 3 is 2.86 bits per heavy atom. The first kappa shape index (κ1) is 15.3. The van der Waals surface area contributed by atoms with Gasteiger partial charge >= 0.3 is 11.9 Å². The van der Waals surface area contributed by atoms with Gasteiger partial charge in [-0.1, -0.05) is 12.2 Å². The van der Waals surface area contributed by atoms with E-state index in [4.69, 9.17) is 9.47 Å². The van der Waals surface area contributed by atoms with Gasteiger partial charge in [0.05, 0.1) is 11.5 Å². The molecule has 120 valence electrons. The monoisotopic (exact) mass is 306 g/mol. The Morgan fingerprint density at radius 2 is 2.23 bits per heavy atom. The van der Waals surface area contributed by atoms with E-state index in [0.717, 1.165) is 12.0 Å². The standard InChI is InChI=1S/C17H22O5/c1-8-7-12-13(9(2)16(19)22-12)15(21-10(3)18)14-11(8)5-6-17(14,4)20/h7,11-15,20H,2,5-6H2,1,3-4H3/t11-,12-,13+,14-,15-,17+/m0/s1. The fourth-order valence-electron chi connectivity index (χ4n) is 4.40. The van der Waals surface area contributed by atoms with Crippen molar-refractivity contribution in [2.45, 2.75) is 51.4 Å². The summed E-state index contributed by atoms with van der Waals surface area (Å²) in [7, 11) is 0. The maximum atomic E-state index is 11.9. The van der Waals surface area contributed by atoms with E-state index < -0.39 is 35.7 Å². The summed E-state index contributed by atoms with van der Waals surface area (Å²) in [6, 6.07) is 0. The lowest BCUT2D eigenvalue weighted by Gasteiger charge is -2.37. The van der Waals surface area contributed by atoms with Gasteiger partial charge in [0.2, 0.25) is 0 Å². The second kappa shape index (κ2) is 4.95. The molecule has 22 heavy (non-hydrogen) atoms. The zero-order valence-electron chi connectivity index (χ0n) is 13.2. The molecule has 1 saturated carbocycles. The van der Waals surface area contributed by atoms with Crippen LogP contribution in [-0.4, -0.2) is 34.9 Å². The van der Waals surface area contributed by atoms with Gasteiger partial charge in [-0.15, -0.1) is 0 Å². The molecule has 1 aliphatic heterocycles. The molecule has 3 rings (SSSR count). The third-order valence-corrected chi connectivity index (χ3v) is 5.40. The molecule has 0 amide bonds. The average molecular weight is 306 g/mol. The fraction of sp³-hybridized carbons (Fsp3) is 0.647. The van der Waals surface area contributed by atoms with Gasteiger partial charge in [0.1, 0.15) is 12.2 Å². The number of hydrogen-bond acceptors (Lipinski definition) is 5. The van der Waals surface area contributed by atoms with Crippen molar-refractivity contribution in [3.63, 3.8) is 0 Å². The van der Waals surface area contributed by atoms with Crippen LogP contribution in [0, 0.1) is 17.8 Å².